The maximum atomic E-state index is 11.6. The van der Waals surface area contributed by atoms with Gasteiger partial charge in [-0.1, -0.05) is 19.9 Å². The Morgan fingerprint density at radius 1 is 1.26 bits per heavy atom. The molecule has 1 aromatic carbocycles. The van der Waals surface area contributed by atoms with E-state index in [0.717, 1.165) is 23.1 Å². The molecular formula is C15H23NO2S. The molecular weight excluding hydrogens is 258 g/mol. The number of hydrogen-bond acceptors (Lipinski definition) is 3. The monoisotopic (exact) mass is 281 g/mol. The van der Waals surface area contributed by atoms with Crippen LogP contribution in [0.2, 0.25) is 0 Å². The predicted molar refractivity (Wildman–Crippen MR) is 79.3 cm³/mol. The predicted octanol–water partition coefficient (Wildman–Crippen LogP) is 3.25. The number of sulfone groups is 1. The number of nitrogens with one attached hydrogen (secondary N) is 1. The Morgan fingerprint density at radius 3 is 2.42 bits per heavy atom. The molecule has 0 aromatic heterocycles. The van der Waals surface area contributed by atoms with Gasteiger partial charge in [-0.15, -0.1) is 0 Å². The lowest BCUT2D eigenvalue weighted by Gasteiger charge is -2.39. The lowest BCUT2D eigenvalue weighted by Crippen LogP contribution is -2.38. The molecule has 0 spiro atoms. The van der Waals surface area contributed by atoms with E-state index in [9.17, 15) is 8.42 Å². The molecule has 1 aliphatic rings. The van der Waals surface area contributed by atoms with Crippen LogP contribution in [0.3, 0.4) is 0 Å². The maximum Gasteiger partial charge on any atom is 0.175 e. The summed E-state index contributed by atoms with van der Waals surface area (Å²) in [6.07, 6.45) is 3.61. The Hall–Kier alpha value is -1.03. The molecule has 2 rings (SSSR count). The average Bonchev–Trinajstić information content (AvgIpc) is 2.22. The van der Waals surface area contributed by atoms with Crippen LogP contribution in [-0.2, 0) is 9.84 Å². The average molecular weight is 281 g/mol. The number of aryl methyl sites for hydroxylation is 1. The van der Waals surface area contributed by atoms with E-state index in [4.69, 9.17) is 0 Å². The number of rotatable bonds is 4. The SMILES string of the molecule is Cc1ccc(S(C)(=O)=O)cc1NC1CC(C(C)C)C1. The van der Waals surface area contributed by atoms with Crippen molar-refractivity contribution in [2.24, 2.45) is 11.8 Å². The summed E-state index contributed by atoms with van der Waals surface area (Å²) in [5.41, 5.74) is 2.05. The number of hydrogen-bond donors (Lipinski definition) is 1. The molecule has 0 atom stereocenters. The third kappa shape index (κ3) is 3.30. The second-order valence-electron chi connectivity index (χ2n) is 6.07. The first-order chi connectivity index (χ1) is 8.77. The molecule has 1 aliphatic carbocycles. The second-order valence-corrected chi connectivity index (χ2v) is 8.08. The van der Waals surface area contributed by atoms with Gasteiger partial charge in [0.25, 0.3) is 0 Å². The molecule has 19 heavy (non-hydrogen) atoms. The van der Waals surface area contributed by atoms with E-state index < -0.39 is 9.84 Å². The highest BCUT2D eigenvalue weighted by Crippen LogP contribution is 2.36. The van der Waals surface area contributed by atoms with Crippen molar-refractivity contribution in [1.82, 2.24) is 0 Å². The third-order valence-corrected chi connectivity index (χ3v) is 5.22. The Morgan fingerprint density at radius 2 is 1.89 bits per heavy atom. The van der Waals surface area contributed by atoms with E-state index >= 15 is 0 Å². The molecule has 1 N–H and O–H groups in total. The molecule has 4 heteroatoms. The van der Waals surface area contributed by atoms with Crippen molar-refractivity contribution in [2.45, 2.75) is 44.6 Å². The van der Waals surface area contributed by atoms with Crippen LogP contribution in [0.15, 0.2) is 23.1 Å². The normalized spacial score (nSPS) is 23.2. The van der Waals surface area contributed by atoms with E-state index in [1.807, 2.05) is 13.0 Å². The fourth-order valence-electron chi connectivity index (χ4n) is 2.53. The first-order valence-electron chi connectivity index (χ1n) is 6.84. The van der Waals surface area contributed by atoms with Gasteiger partial charge in [0.05, 0.1) is 4.90 Å². The third-order valence-electron chi connectivity index (χ3n) is 4.11. The highest BCUT2D eigenvalue weighted by molar-refractivity contribution is 7.90. The van der Waals surface area contributed by atoms with E-state index in [2.05, 4.69) is 19.2 Å². The van der Waals surface area contributed by atoms with E-state index in [1.165, 1.54) is 19.1 Å². The Labute approximate surface area is 116 Å². The van der Waals surface area contributed by atoms with Crippen LogP contribution in [0, 0.1) is 18.8 Å². The largest absolute Gasteiger partial charge is 0.382 e. The zero-order valence-electron chi connectivity index (χ0n) is 12.1. The van der Waals surface area contributed by atoms with Crippen LogP contribution >= 0.6 is 0 Å². The van der Waals surface area contributed by atoms with Crippen molar-refractivity contribution >= 4 is 15.5 Å². The summed E-state index contributed by atoms with van der Waals surface area (Å²) in [5.74, 6) is 1.54. The van der Waals surface area contributed by atoms with Crippen LogP contribution in [0.1, 0.15) is 32.3 Å². The van der Waals surface area contributed by atoms with Gasteiger partial charge in [0, 0.05) is 18.0 Å². The minimum atomic E-state index is -3.13. The minimum absolute atomic E-state index is 0.389. The van der Waals surface area contributed by atoms with Crippen LogP contribution < -0.4 is 5.32 Å². The van der Waals surface area contributed by atoms with Gasteiger partial charge >= 0.3 is 0 Å². The van der Waals surface area contributed by atoms with Crippen molar-refractivity contribution in [3.8, 4) is 0 Å². The Balaban J connectivity index is 2.09. The van der Waals surface area contributed by atoms with Crippen molar-refractivity contribution in [2.75, 3.05) is 11.6 Å². The van der Waals surface area contributed by atoms with Crippen molar-refractivity contribution in [3.63, 3.8) is 0 Å². The fourth-order valence-corrected chi connectivity index (χ4v) is 3.18. The summed E-state index contributed by atoms with van der Waals surface area (Å²) < 4.78 is 23.2. The topological polar surface area (TPSA) is 46.2 Å². The first kappa shape index (κ1) is 14.4. The van der Waals surface area contributed by atoms with Gasteiger partial charge in [0.1, 0.15) is 0 Å². The molecule has 0 bridgehead atoms. The zero-order valence-corrected chi connectivity index (χ0v) is 12.9. The molecule has 0 saturated heterocycles. The number of anilines is 1. The lowest BCUT2D eigenvalue weighted by atomic mass is 9.73. The summed E-state index contributed by atoms with van der Waals surface area (Å²) in [6.45, 7) is 6.53. The standard InChI is InChI=1S/C15H23NO2S/c1-10(2)12-7-13(8-12)16-15-9-14(19(4,17)18)6-5-11(15)3/h5-6,9-10,12-13,16H,7-8H2,1-4H3. The highest BCUT2D eigenvalue weighted by Gasteiger charge is 2.31. The molecule has 1 saturated carbocycles. The van der Waals surface area contributed by atoms with Gasteiger partial charge in [-0.3, -0.25) is 0 Å². The van der Waals surface area contributed by atoms with E-state index in [1.54, 1.807) is 12.1 Å². The molecule has 0 aliphatic heterocycles. The maximum absolute atomic E-state index is 11.6. The molecule has 1 fully saturated rings. The zero-order chi connectivity index (χ0) is 14.2. The summed E-state index contributed by atoms with van der Waals surface area (Å²) in [7, 11) is -3.13. The van der Waals surface area contributed by atoms with E-state index in [0.29, 0.717) is 10.9 Å². The molecule has 3 nitrogen and oxygen atoms in total. The molecule has 1 aromatic rings. The van der Waals surface area contributed by atoms with Gasteiger partial charge in [0.2, 0.25) is 0 Å². The van der Waals surface area contributed by atoms with Gasteiger partial charge in [-0.2, -0.15) is 0 Å². The molecule has 0 radical (unpaired) electrons. The summed E-state index contributed by atoms with van der Waals surface area (Å²) in [6, 6.07) is 5.79. The Kier molecular flexibility index (Phi) is 3.90. The van der Waals surface area contributed by atoms with Crippen LogP contribution in [0.25, 0.3) is 0 Å². The fraction of sp³-hybridized carbons (Fsp3) is 0.600. The quantitative estimate of drug-likeness (QED) is 0.921. The van der Waals surface area contributed by atoms with Gasteiger partial charge in [0.15, 0.2) is 9.84 Å². The van der Waals surface area contributed by atoms with Crippen molar-refractivity contribution in [3.05, 3.63) is 23.8 Å². The molecule has 0 heterocycles. The molecule has 0 unspecified atom stereocenters. The van der Waals surface area contributed by atoms with Gasteiger partial charge in [-0.05, 0) is 49.3 Å². The van der Waals surface area contributed by atoms with Crippen LogP contribution in [0.4, 0.5) is 5.69 Å². The van der Waals surface area contributed by atoms with Crippen LogP contribution in [0.5, 0.6) is 0 Å². The summed E-state index contributed by atoms with van der Waals surface area (Å²) in [4.78, 5) is 0.389. The Bertz CT molecular complexity index is 558. The lowest BCUT2D eigenvalue weighted by molar-refractivity contribution is 0.212. The summed E-state index contributed by atoms with van der Waals surface area (Å²) in [5, 5.41) is 3.48. The highest BCUT2D eigenvalue weighted by atomic mass is 32.2. The number of benzene rings is 1. The van der Waals surface area contributed by atoms with Gasteiger partial charge in [-0.25, -0.2) is 8.42 Å². The van der Waals surface area contributed by atoms with Crippen molar-refractivity contribution < 1.29 is 8.42 Å². The molecule has 0 amide bonds. The molecule has 106 valence electrons. The van der Waals surface area contributed by atoms with Crippen molar-refractivity contribution in [1.29, 1.82) is 0 Å². The first-order valence-corrected chi connectivity index (χ1v) is 8.73. The van der Waals surface area contributed by atoms with Gasteiger partial charge < -0.3 is 5.32 Å². The minimum Gasteiger partial charge on any atom is -0.382 e. The summed E-state index contributed by atoms with van der Waals surface area (Å²) >= 11 is 0. The smallest absolute Gasteiger partial charge is 0.175 e. The van der Waals surface area contributed by atoms with Crippen LogP contribution in [-0.4, -0.2) is 20.7 Å². The second kappa shape index (κ2) is 5.16. The van der Waals surface area contributed by atoms with E-state index in [-0.39, 0.29) is 0 Å².